The number of benzene rings is 4. The summed E-state index contributed by atoms with van der Waals surface area (Å²) in [6.07, 6.45) is 2.80. The molecule has 0 aliphatic carbocycles. The predicted molar refractivity (Wildman–Crippen MR) is 136 cm³/mol. The van der Waals surface area contributed by atoms with Crippen LogP contribution in [0.25, 0.3) is 44.3 Å². The molecule has 6 rings (SSSR count). The van der Waals surface area contributed by atoms with Crippen molar-refractivity contribution in [3.63, 3.8) is 0 Å². The van der Waals surface area contributed by atoms with E-state index in [1.54, 1.807) is 0 Å². The van der Waals surface area contributed by atoms with Crippen molar-refractivity contribution >= 4 is 21.9 Å². The Labute approximate surface area is 193 Å². The Balaban J connectivity index is 1.41. The molecule has 2 heterocycles. The van der Waals surface area contributed by atoms with Crippen LogP contribution in [0, 0.1) is 6.92 Å². The molecular formula is C31H23NO. The van der Waals surface area contributed by atoms with E-state index in [0.717, 1.165) is 39.6 Å². The van der Waals surface area contributed by atoms with Crippen molar-refractivity contribution in [2.24, 2.45) is 0 Å². The Morgan fingerprint density at radius 1 is 0.606 bits per heavy atom. The fourth-order valence-electron chi connectivity index (χ4n) is 4.44. The van der Waals surface area contributed by atoms with Crippen LogP contribution in [0.3, 0.4) is 0 Å². The monoisotopic (exact) mass is 425 g/mol. The predicted octanol–water partition coefficient (Wildman–Crippen LogP) is 8.21. The molecule has 0 aliphatic heterocycles. The standard InChI is InChI=1S/C31H23NO/c1-21-7-9-24(10-8-21)25-11-13-30-27(19-25)28-20-26(12-14-31(28)33-30)29-18-23(15-16-32-29)17-22-5-3-2-4-6-22/h2-16,18-20H,17H2,1H3. The first-order valence-electron chi connectivity index (χ1n) is 11.3. The quantitative estimate of drug-likeness (QED) is 0.284. The Bertz CT molecular complexity index is 1580. The maximum Gasteiger partial charge on any atom is 0.135 e. The minimum atomic E-state index is 0.896. The Kier molecular flexibility index (Phi) is 4.77. The summed E-state index contributed by atoms with van der Waals surface area (Å²) in [6.45, 7) is 2.11. The van der Waals surface area contributed by atoms with Gasteiger partial charge in [-0.25, -0.2) is 0 Å². The van der Waals surface area contributed by atoms with Gasteiger partial charge in [-0.1, -0.05) is 66.2 Å². The first-order valence-corrected chi connectivity index (χ1v) is 11.3. The van der Waals surface area contributed by atoms with Gasteiger partial charge in [-0.05, 0) is 78.1 Å². The van der Waals surface area contributed by atoms with Crippen LogP contribution >= 0.6 is 0 Å². The SMILES string of the molecule is Cc1ccc(-c2ccc3oc4ccc(-c5cc(Cc6ccccc6)ccn5)cc4c3c2)cc1. The van der Waals surface area contributed by atoms with Gasteiger partial charge in [0.05, 0.1) is 5.69 Å². The van der Waals surface area contributed by atoms with Gasteiger partial charge in [0.1, 0.15) is 11.2 Å². The maximum atomic E-state index is 6.14. The number of rotatable bonds is 4. The van der Waals surface area contributed by atoms with Crippen molar-refractivity contribution in [1.82, 2.24) is 4.98 Å². The van der Waals surface area contributed by atoms with E-state index in [1.807, 2.05) is 6.20 Å². The van der Waals surface area contributed by atoms with E-state index in [0.29, 0.717) is 0 Å². The molecule has 6 aromatic rings. The van der Waals surface area contributed by atoms with E-state index in [9.17, 15) is 0 Å². The summed E-state index contributed by atoms with van der Waals surface area (Å²) >= 11 is 0. The van der Waals surface area contributed by atoms with E-state index < -0.39 is 0 Å². The zero-order chi connectivity index (χ0) is 22.2. The summed E-state index contributed by atoms with van der Waals surface area (Å²) in [7, 11) is 0. The molecule has 158 valence electrons. The number of hydrogen-bond acceptors (Lipinski definition) is 2. The third-order valence-corrected chi connectivity index (χ3v) is 6.23. The van der Waals surface area contributed by atoms with Gasteiger partial charge in [0.15, 0.2) is 0 Å². The summed E-state index contributed by atoms with van der Waals surface area (Å²) < 4.78 is 6.14. The molecule has 2 heteroatoms. The second-order valence-corrected chi connectivity index (χ2v) is 8.60. The van der Waals surface area contributed by atoms with Gasteiger partial charge >= 0.3 is 0 Å². The van der Waals surface area contributed by atoms with Crippen molar-refractivity contribution < 1.29 is 4.42 Å². The minimum Gasteiger partial charge on any atom is -0.456 e. The molecule has 2 nitrogen and oxygen atoms in total. The van der Waals surface area contributed by atoms with Crippen LogP contribution < -0.4 is 0 Å². The van der Waals surface area contributed by atoms with Crippen molar-refractivity contribution in [3.8, 4) is 22.4 Å². The van der Waals surface area contributed by atoms with Crippen LogP contribution in [-0.2, 0) is 6.42 Å². The normalized spacial score (nSPS) is 11.3. The van der Waals surface area contributed by atoms with Crippen molar-refractivity contribution in [2.45, 2.75) is 13.3 Å². The molecule has 0 saturated carbocycles. The fraction of sp³-hybridized carbons (Fsp3) is 0.0645. The molecule has 0 spiro atoms. The van der Waals surface area contributed by atoms with E-state index in [1.165, 1.54) is 27.8 Å². The minimum absolute atomic E-state index is 0.896. The fourth-order valence-corrected chi connectivity index (χ4v) is 4.44. The number of pyridine rings is 1. The van der Waals surface area contributed by atoms with Gasteiger partial charge in [-0.2, -0.15) is 0 Å². The topological polar surface area (TPSA) is 26.0 Å². The van der Waals surface area contributed by atoms with Gasteiger partial charge in [0.25, 0.3) is 0 Å². The van der Waals surface area contributed by atoms with E-state index >= 15 is 0 Å². The highest BCUT2D eigenvalue weighted by atomic mass is 16.3. The molecule has 0 saturated heterocycles. The highest BCUT2D eigenvalue weighted by Crippen LogP contribution is 2.35. The van der Waals surface area contributed by atoms with E-state index in [-0.39, 0.29) is 0 Å². The van der Waals surface area contributed by atoms with Crippen LogP contribution in [0.1, 0.15) is 16.7 Å². The molecule has 2 aromatic heterocycles. The third-order valence-electron chi connectivity index (χ3n) is 6.23. The van der Waals surface area contributed by atoms with Gasteiger partial charge < -0.3 is 4.42 Å². The van der Waals surface area contributed by atoms with Gasteiger partial charge in [0, 0.05) is 22.5 Å². The van der Waals surface area contributed by atoms with Crippen LogP contribution in [-0.4, -0.2) is 4.98 Å². The molecule has 0 N–H and O–H groups in total. The lowest BCUT2D eigenvalue weighted by atomic mass is 10.00. The van der Waals surface area contributed by atoms with Gasteiger partial charge in [0.2, 0.25) is 0 Å². The second-order valence-electron chi connectivity index (χ2n) is 8.60. The molecule has 33 heavy (non-hydrogen) atoms. The lowest BCUT2D eigenvalue weighted by molar-refractivity contribution is 0.669. The lowest BCUT2D eigenvalue weighted by Crippen LogP contribution is -1.91. The van der Waals surface area contributed by atoms with Crippen LogP contribution in [0.2, 0.25) is 0 Å². The second kappa shape index (κ2) is 8.07. The average Bonchev–Trinajstić information content (AvgIpc) is 3.22. The molecule has 0 amide bonds. The summed E-state index contributed by atoms with van der Waals surface area (Å²) in [5, 5.41) is 2.25. The van der Waals surface area contributed by atoms with Crippen molar-refractivity contribution in [1.29, 1.82) is 0 Å². The van der Waals surface area contributed by atoms with Gasteiger partial charge in [-0.3, -0.25) is 4.98 Å². The molecule has 0 unspecified atom stereocenters. The molecular weight excluding hydrogens is 402 g/mol. The summed E-state index contributed by atoms with van der Waals surface area (Å²) in [5.74, 6) is 0. The van der Waals surface area contributed by atoms with Crippen LogP contribution in [0.15, 0.2) is 114 Å². The van der Waals surface area contributed by atoms with E-state index in [2.05, 4.69) is 115 Å². The average molecular weight is 426 g/mol. The Morgan fingerprint density at radius 2 is 1.27 bits per heavy atom. The van der Waals surface area contributed by atoms with Crippen LogP contribution in [0.5, 0.6) is 0 Å². The van der Waals surface area contributed by atoms with Gasteiger partial charge in [-0.15, -0.1) is 0 Å². The highest BCUT2D eigenvalue weighted by molar-refractivity contribution is 6.07. The maximum absolute atomic E-state index is 6.14. The highest BCUT2D eigenvalue weighted by Gasteiger charge is 2.11. The number of furan rings is 1. The largest absolute Gasteiger partial charge is 0.456 e. The Hall–Kier alpha value is -4.17. The van der Waals surface area contributed by atoms with E-state index in [4.69, 9.17) is 4.42 Å². The van der Waals surface area contributed by atoms with Crippen LogP contribution in [0.4, 0.5) is 0 Å². The molecule has 4 aromatic carbocycles. The zero-order valence-corrected chi connectivity index (χ0v) is 18.5. The number of nitrogens with zero attached hydrogens (tertiary/aromatic N) is 1. The number of fused-ring (bicyclic) bond motifs is 3. The first kappa shape index (κ1) is 19.5. The lowest BCUT2D eigenvalue weighted by Gasteiger charge is -2.06. The Morgan fingerprint density at radius 3 is 2.03 bits per heavy atom. The third kappa shape index (κ3) is 3.81. The summed E-state index contributed by atoms with van der Waals surface area (Å²) in [6, 6.07) is 36.3. The molecule has 0 bridgehead atoms. The summed E-state index contributed by atoms with van der Waals surface area (Å²) in [4.78, 5) is 4.67. The zero-order valence-electron chi connectivity index (χ0n) is 18.5. The number of hydrogen-bond donors (Lipinski definition) is 0. The number of aryl methyl sites for hydroxylation is 1. The van der Waals surface area contributed by atoms with Crippen molar-refractivity contribution in [3.05, 3.63) is 126 Å². The first-order chi connectivity index (χ1) is 16.2. The molecule has 0 atom stereocenters. The molecule has 0 fully saturated rings. The number of aromatic nitrogens is 1. The van der Waals surface area contributed by atoms with Crippen molar-refractivity contribution in [2.75, 3.05) is 0 Å². The smallest absolute Gasteiger partial charge is 0.135 e. The molecule has 0 aliphatic rings. The summed E-state index contributed by atoms with van der Waals surface area (Å²) in [5.41, 5.74) is 10.1. The molecule has 0 radical (unpaired) electrons.